The first kappa shape index (κ1) is 129. The molecule has 1 aliphatic heterocycles. The molecule has 42 nitrogen and oxygen atoms in total. The number of esters is 2. The number of aliphatic carboxylic acids is 6. The van der Waals surface area contributed by atoms with E-state index in [0.717, 1.165) is 81.2 Å². The standard InChI is InChI=1S/C22H29ClN8O6.C21H33NO5.C17H25NO5.C16H24N2O5.C7H9ClN6OS.C4H8O.ClH.HI.Li.H2O/c23-18-20(25)29-19(24)17(28-18)21(36)30-22(26)27-8-2-1-3-13-4-6-14(7-5-13)37-10-9-31(11-15(32)33)12-16(34)35;1-4-7-8-9-18-10-12-19(13-11-18)27-15-14-22(16-20(23)25-5-2)17-21(24)26-6-3;1-2-3-4-5-14-6-8-15(9-7-14)23-11-10-18(12-16(19)20)13-17(21)22;17-8-2-1-3-13-4-6-14(7-5-13)23-10-9-18(11-15(19)20)12-16(21)22;1-16-7(11)14-6(15)2-4(9)13-5(10)3(8)12-2;1-2-4-5-3-1;;;;/h4-7H,1-3,8-12H2,(H,32,33)(H,34,35)(H4,24,25,29)(H3,26,27,30,36);10-13H,4-9,14-17H2,1-3H3;6-9H,2-5,10-13H2,1H3,(H,19,20)(H,21,22);4-7H,1-3,8-12,17H2,(H,19,20)(H,21,22);1H3,(H4,9,10,13)(H2,11,14,15);1-4H2;2*1H;;1H2/q;;;;;;;;+1;/p-1. The first-order valence-electron chi connectivity index (χ1n) is 42.5. The molecule has 1 saturated heterocycles. The first-order chi connectivity index (χ1) is 62.6. The number of aliphatic imine (C=N–C) groups is 1. The van der Waals surface area contributed by atoms with Crippen molar-refractivity contribution < 1.29 is 136 Å². The number of amidine groups is 1. The fourth-order valence-electron chi connectivity index (χ4n) is 11.4. The number of amides is 2. The quantitative estimate of drug-likeness (QED) is 0.00559. The second-order valence-electron chi connectivity index (χ2n) is 28.7. The summed E-state index contributed by atoms with van der Waals surface area (Å²) < 4.78 is 37.3. The van der Waals surface area contributed by atoms with Crippen LogP contribution in [0.4, 0.5) is 23.3 Å². The summed E-state index contributed by atoms with van der Waals surface area (Å²) in [6.07, 6.45) is 18.9. The molecule has 1 fully saturated rings. The zero-order valence-corrected chi connectivity index (χ0v) is 82.6. The molecule has 7 rings (SSSR count). The van der Waals surface area contributed by atoms with Gasteiger partial charge in [-0.2, -0.15) is 0 Å². The number of halogens is 4. The summed E-state index contributed by atoms with van der Waals surface area (Å²) in [5, 5.41) is 64.3. The van der Waals surface area contributed by atoms with Gasteiger partial charge in [0, 0.05) is 45.9 Å². The van der Waals surface area contributed by atoms with E-state index in [1.54, 1.807) is 37.1 Å². The van der Waals surface area contributed by atoms with E-state index in [-0.39, 0.29) is 221 Å². The van der Waals surface area contributed by atoms with Crippen molar-refractivity contribution in [2.24, 2.45) is 16.5 Å². The number of aryl methyl sites for hydroxylation is 4. The van der Waals surface area contributed by atoms with Crippen LogP contribution in [-0.4, -0.2) is 297 Å². The number of unbranched alkanes of at least 4 members (excludes halogenated alkanes) is 6. The number of nitrogens with two attached hydrogens (primary N) is 6. The van der Waals surface area contributed by atoms with Gasteiger partial charge in [0.15, 0.2) is 56.1 Å². The Balaban J connectivity index is -0.00000161. The van der Waals surface area contributed by atoms with E-state index >= 15 is 0 Å². The van der Waals surface area contributed by atoms with E-state index in [0.29, 0.717) is 63.1 Å². The number of carboxylic acid groups (broad SMARTS) is 6. The van der Waals surface area contributed by atoms with Crippen LogP contribution in [0.2, 0.25) is 10.3 Å². The van der Waals surface area contributed by atoms with Crippen molar-refractivity contribution in [1.29, 1.82) is 5.41 Å². The predicted octanol–water partition coefficient (Wildman–Crippen LogP) is 5.51. The third kappa shape index (κ3) is 63.5. The molecule has 0 radical (unpaired) electrons. The molecule has 2 aromatic heterocycles. The van der Waals surface area contributed by atoms with Crippen molar-refractivity contribution in [2.75, 3.05) is 174 Å². The van der Waals surface area contributed by atoms with Crippen molar-refractivity contribution >= 4 is 165 Å². The number of benzene rings is 4. The Morgan fingerprint density at radius 3 is 0.993 bits per heavy atom. The Morgan fingerprint density at radius 1 is 0.452 bits per heavy atom. The van der Waals surface area contributed by atoms with Crippen molar-refractivity contribution in [3.05, 3.63) is 141 Å². The van der Waals surface area contributed by atoms with Crippen LogP contribution in [0, 0.1) is 5.41 Å². The second-order valence-corrected chi connectivity index (χ2v) is 30.2. The Kier molecular flexibility index (Phi) is 74.0. The van der Waals surface area contributed by atoms with Gasteiger partial charge in [-0.25, -0.2) is 19.9 Å². The molecule has 0 unspecified atom stereocenters. The summed E-state index contributed by atoms with van der Waals surface area (Å²) in [6.45, 7) is 11.7. The van der Waals surface area contributed by atoms with Gasteiger partial charge in [-0.3, -0.25) is 83.3 Å². The number of anilines is 4. The van der Waals surface area contributed by atoms with E-state index in [1.807, 2.05) is 72.8 Å². The average Bonchev–Trinajstić information content (AvgIpc) is 0.977. The molecule has 1 aliphatic rings. The minimum Gasteiger partial charge on any atom is -0.870 e. The van der Waals surface area contributed by atoms with E-state index < -0.39 is 47.6 Å². The number of nitrogens with zero attached hydrogens (tertiary/aromatic N) is 9. The zero-order valence-electron chi connectivity index (χ0n) is 77.1. The molecular formula is C87H131Cl3ILiN18O24S. The number of aromatic nitrogens is 4. The van der Waals surface area contributed by atoms with Gasteiger partial charge < -0.3 is 109 Å². The van der Waals surface area contributed by atoms with Crippen LogP contribution < -0.4 is 82.8 Å². The fraction of sp³-hybridized carbons (Fsp3) is 0.494. The first-order valence-corrected chi connectivity index (χ1v) is 44.5. The molecule has 0 aliphatic carbocycles. The van der Waals surface area contributed by atoms with Crippen LogP contribution >= 0.6 is 71.3 Å². The maximum absolute atomic E-state index is 12.2. The average molecular weight is 2090 g/mol. The molecule has 748 valence electrons. The summed E-state index contributed by atoms with van der Waals surface area (Å²) in [4.78, 5) is 136. The normalized spacial score (nSPS) is 10.9. The number of ether oxygens (including phenoxy) is 7. The van der Waals surface area contributed by atoms with Crippen LogP contribution in [0.5, 0.6) is 23.0 Å². The van der Waals surface area contributed by atoms with Crippen LogP contribution in [0.25, 0.3) is 0 Å². The largest absolute Gasteiger partial charge is 1.00 e. The maximum Gasteiger partial charge on any atom is 1.00 e. The molecule has 6 aromatic rings. The molecule has 135 heavy (non-hydrogen) atoms. The van der Waals surface area contributed by atoms with Crippen LogP contribution in [0.3, 0.4) is 0 Å². The number of hydrogen-bond donors (Lipinski definition) is 15. The van der Waals surface area contributed by atoms with Gasteiger partial charge in [0.2, 0.25) is 0 Å². The van der Waals surface area contributed by atoms with Gasteiger partial charge in [0.05, 0.1) is 65.6 Å². The second kappa shape index (κ2) is 77.7. The van der Waals surface area contributed by atoms with E-state index in [4.69, 9.17) is 127 Å². The van der Waals surface area contributed by atoms with Gasteiger partial charge in [0.1, 0.15) is 49.4 Å². The smallest absolute Gasteiger partial charge is 0.870 e. The minimum absolute atomic E-state index is 0. The fourth-order valence-corrected chi connectivity index (χ4v) is 11.8. The molecule has 0 saturated carbocycles. The number of nitrogen functional groups attached to an aromatic ring is 4. The molecule has 4 aromatic carbocycles. The van der Waals surface area contributed by atoms with Crippen molar-refractivity contribution in [2.45, 2.75) is 130 Å². The summed E-state index contributed by atoms with van der Waals surface area (Å²) in [7, 11) is 0. The Morgan fingerprint density at radius 2 is 0.733 bits per heavy atom. The summed E-state index contributed by atoms with van der Waals surface area (Å²) in [5.74, 6) is -6.29. The van der Waals surface area contributed by atoms with Crippen LogP contribution in [0.15, 0.2) is 102 Å². The third-order valence-electron chi connectivity index (χ3n) is 17.8. The van der Waals surface area contributed by atoms with Crippen LogP contribution in [0.1, 0.15) is 148 Å². The third-order valence-corrected chi connectivity index (χ3v) is 18.9. The van der Waals surface area contributed by atoms with Crippen LogP contribution in [-0.2, 0) is 78.3 Å². The Labute approximate surface area is 835 Å². The summed E-state index contributed by atoms with van der Waals surface area (Å²) in [6, 6.07) is 31.0. The molecule has 2 amide bonds. The van der Waals surface area contributed by atoms with Crippen molar-refractivity contribution in [3.8, 4) is 23.0 Å². The van der Waals surface area contributed by atoms with Crippen molar-refractivity contribution in [1.82, 2.24) is 50.2 Å². The van der Waals surface area contributed by atoms with Gasteiger partial charge in [-0.1, -0.05) is 123 Å². The Hall–Kier alpha value is -10.5. The topological polar surface area (TPSA) is 668 Å². The summed E-state index contributed by atoms with van der Waals surface area (Å²) in [5.41, 5.74) is 37.6. The van der Waals surface area contributed by atoms with Gasteiger partial charge in [0.25, 0.3) is 11.8 Å². The molecule has 0 spiro atoms. The molecule has 3 heterocycles. The summed E-state index contributed by atoms with van der Waals surface area (Å²) >= 11 is 12.4. The molecule has 22 N–H and O–H groups in total. The molecular weight excluding hydrogens is 1950 g/mol. The van der Waals surface area contributed by atoms with E-state index in [2.05, 4.69) is 61.5 Å². The number of thioether (sulfide) groups is 1. The minimum atomic E-state index is -1.10. The number of carboxylic acids is 6. The maximum atomic E-state index is 12.2. The molecule has 48 heteroatoms. The zero-order chi connectivity index (χ0) is 97.3. The number of carbonyl (C=O) groups excluding carboxylic acids is 4. The number of hydrogen-bond acceptors (Lipinski definition) is 34. The van der Waals surface area contributed by atoms with Crippen molar-refractivity contribution in [3.63, 3.8) is 0 Å². The van der Waals surface area contributed by atoms with E-state index in [1.165, 1.54) is 82.8 Å². The van der Waals surface area contributed by atoms with E-state index in [9.17, 15) is 47.9 Å². The van der Waals surface area contributed by atoms with Gasteiger partial charge in [-0.05, 0) is 174 Å². The molecule has 0 bridgehead atoms. The van der Waals surface area contributed by atoms with Gasteiger partial charge in [-0.15, -0.1) is 36.4 Å². The molecule has 0 atom stereocenters. The monoisotopic (exact) mass is 2080 g/mol. The number of carbonyl (C=O) groups is 10. The number of guanidine groups is 1. The van der Waals surface area contributed by atoms with Gasteiger partial charge >= 0.3 is 66.6 Å². The number of nitrogens with one attached hydrogen (secondary N) is 3. The SMILES string of the molecule is C1CCOC1.CCCCCc1ccc(OCCN(CC(=O)O)CC(=O)O)cc1.CCCCCc1ccc(OCCN(CC(=O)OCC)CC(=O)OCC)cc1.CSC(=N)NC(=O)c1nc(Cl)c(N)nc1N.Cl.I.NC(=NCCCCc1ccc(OCCN(CC(=O)O)CC(=O)O)cc1)NC(=O)c1nc(Cl)c(N)nc1N.NCCCCc1ccc(OCCN(CC(=O)O)CC(=O)O)cc1.[Li+].[OH-]. The number of rotatable bonds is 53. The Bertz CT molecular complexity index is 4300. The predicted molar refractivity (Wildman–Crippen MR) is 523 cm³/mol.